The van der Waals surface area contributed by atoms with Crippen LogP contribution in [-0.4, -0.2) is 20.2 Å². The molecule has 0 aliphatic carbocycles. The quantitative estimate of drug-likeness (QED) is 0.564. The maximum Gasteiger partial charge on any atom is 0.379 e. The highest BCUT2D eigenvalue weighted by atomic mass is 32.2. The molecule has 8 heteroatoms. The fourth-order valence-corrected chi connectivity index (χ4v) is 3.70. The van der Waals surface area contributed by atoms with Crippen molar-refractivity contribution >= 4 is 27.5 Å². The number of amidine groups is 1. The second kappa shape index (κ2) is 6.16. The fraction of sp³-hybridized carbons (Fsp3) is 0. The number of ether oxygens (including phenoxy) is 1. The molecular formula is C18H12N2O5S. The van der Waals surface area contributed by atoms with Gasteiger partial charge in [-0.1, -0.05) is 24.3 Å². The normalized spacial score (nSPS) is 14.4. The zero-order valence-corrected chi connectivity index (χ0v) is 14.1. The van der Waals surface area contributed by atoms with E-state index in [4.69, 9.17) is 9.15 Å². The third-order valence-corrected chi connectivity index (χ3v) is 5.03. The molecule has 130 valence electrons. The molecule has 2 heterocycles. The highest BCUT2D eigenvalue weighted by molar-refractivity contribution is 7.90. The molecule has 0 spiro atoms. The molecular weight excluding hydrogens is 356 g/mol. The van der Waals surface area contributed by atoms with Crippen LogP contribution < -0.4 is 10.1 Å². The number of nitrogens with one attached hydrogen (secondary N) is 1. The van der Waals surface area contributed by atoms with E-state index in [0.717, 1.165) is 0 Å². The van der Waals surface area contributed by atoms with Gasteiger partial charge in [0.15, 0.2) is 11.6 Å². The standard InChI is InChI=1S/C18H12N2O5S/c21-18(15-9-5-11-24-15)25-14-8-3-2-7-13(14)19-17-12-6-1-4-10-16(12)26(22,23)20-17/h1-11H,(H,19,20). The molecule has 0 saturated carbocycles. The van der Waals surface area contributed by atoms with E-state index in [1.807, 2.05) is 0 Å². The van der Waals surface area contributed by atoms with Gasteiger partial charge in [0.2, 0.25) is 5.76 Å². The number of para-hydroxylation sites is 2. The lowest BCUT2D eigenvalue weighted by molar-refractivity contribution is 0.0702. The van der Waals surface area contributed by atoms with Gasteiger partial charge in [-0.05, 0) is 36.4 Å². The molecule has 0 amide bonds. The Morgan fingerprint density at radius 2 is 1.77 bits per heavy atom. The van der Waals surface area contributed by atoms with Gasteiger partial charge in [-0.3, -0.25) is 0 Å². The second-order valence-corrected chi connectivity index (χ2v) is 6.97. The van der Waals surface area contributed by atoms with Crippen LogP contribution in [0.1, 0.15) is 16.1 Å². The average Bonchev–Trinajstić information content (AvgIpc) is 3.25. The summed E-state index contributed by atoms with van der Waals surface area (Å²) in [5, 5.41) is 2.93. The lowest BCUT2D eigenvalue weighted by Gasteiger charge is -2.11. The summed E-state index contributed by atoms with van der Waals surface area (Å²) < 4.78 is 38.4. The number of furan rings is 1. The third-order valence-electron chi connectivity index (χ3n) is 3.70. The number of hydrogen-bond donors (Lipinski definition) is 1. The molecule has 0 unspecified atom stereocenters. The summed E-state index contributed by atoms with van der Waals surface area (Å²) in [5.41, 5.74) is 0.859. The number of anilines is 1. The van der Waals surface area contributed by atoms with E-state index in [0.29, 0.717) is 11.3 Å². The molecule has 4 rings (SSSR count). The number of benzene rings is 2. The Morgan fingerprint density at radius 1 is 1.00 bits per heavy atom. The summed E-state index contributed by atoms with van der Waals surface area (Å²) in [4.78, 5) is 12.2. The van der Waals surface area contributed by atoms with E-state index in [1.165, 1.54) is 18.4 Å². The van der Waals surface area contributed by atoms with E-state index < -0.39 is 16.0 Å². The molecule has 2 aromatic carbocycles. The van der Waals surface area contributed by atoms with Crippen molar-refractivity contribution in [2.75, 3.05) is 5.32 Å². The zero-order chi connectivity index (χ0) is 18.1. The van der Waals surface area contributed by atoms with Crippen molar-refractivity contribution in [3.05, 3.63) is 78.3 Å². The van der Waals surface area contributed by atoms with Crippen LogP contribution in [0.3, 0.4) is 0 Å². The van der Waals surface area contributed by atoms with Crippen molar-refractivity contribution in [3.8, 4) is 5.75 Å². The monoisotopic (exact) mass is 368 g/mol. The number of sulfonamides is 1. The Bertz CT molecular complexity index is 1120. The molecule has 0 fully saturated rings. The number of esters is 1. The van der Waals surface area contributed by atoms with Gasteiger partial charge in [-0.2, -0.15) is 8.42 Å². The van der Waals surface area contributed by atoms with Crippen molar-refractivity contribution in [2.45, 2.75) is 4.90 Å². The van der Waals surface area contributed by atoms with Crippen LogP contribution in [0.15, 0.2) is 80.6 Å². The summed E-state index contributed by atoms with van der Waals surface area (Å²) in [6.45, 7) is 0. The van der Waals surface area contributed by atoms with E-state index in [1.54, 1.807) is 48.5 Å². The SMILES string of the molecule is O=C(Oc1ccccc1NC1=NS(=O)(=O)c2ccccc21)c1ccco1. The van der Waals surface area contributed by atoms with Crippen molar-refractivity contribution in [3.63, 3.8) is 0 Å². The van der Waals surface area contributed by atoms with Crippen LogP contribution in [0.5, 0.6) is 5.75 Å². The lowest BCUT2D eigenvalue weighted by atomic mass is 10.2. The number of nitrogens with zero attached hydrogens (tertiary/aromatic N) is 1. The van der Waals surface area contributed by atoms with Crippen molar-refractivity contribution in [2.24, 2.45) is 4.40 Å². The largest absolute Gasteiger partial charge is 0.457 e. The first kappa shape index (κ1) is 16.1. The first-order chi connectivity index (χ1) is 12.5. The van der Waals surface area contributed by atoms with Crippen LogP contribution in [0.2, 0.25) is 0 Å². The third kappa shape index (κ3) is 2.86. The molecule has 1 aliphatic rings. The molecule has 1 N–H and O–H groups in total. The van der Waals surface area contributed by atoms with Crippen LogP contribution in [0, 0.1) is 0 Å². The van der Waals surface area contributed by atoms with Gasteiger partial charge in [0.25, 0.3) is 10.0 Å². The van der Waals surface area contributed by atoms with Crippen molar-refractivity contribution < 1.29 is 22.4 Å². The summed E-state index contributed by atoms with van der Waals surface area (Å²) in [5.74, 6) is -0.211. The molecule has 26 heavy (non-hydrogen) atoms. The Kier molecular flexibility index (Phi) is 3.81. The minimum Gasteiger partial charge on any atom is -0.457 e. The van der Waals surface area contributed by atoms with Crippen LogP contribution in [0.4, 0.5) is 5.69 Å². The average molecular weight is 368 g/mol. The molecule has 1 aliphatic heterocycles. The predicted molar refractivity (Wildman–Crippen MR) is 93.9 cm³/mol. The first-order valence-corrected chi connectivity index (χ1v) is 9.05. The molecule has 0 radical (unpaired) electrons. The van der Waals surface area contributed by atoms with Crippen LogP contribution in [0.25, 0.3) is 0 Å². The topological polar surface area (TPSA) is 98.0 Å². The number of carbonyl (C=O) groups excluding carboxylic acids is 1. The van der Waals surface area contributed by atoms with Crippen LogP contribution in [-0.2, 0) is 10.0 Å². The van der Waals surface area contributed by atoms with Gasteiger partial charge < -0.3 is 14.5 Å². The Hall–Kier alpha value is -3.39. The Morgan fingerprint density at radius 3 is 2.58 bits per heavy atom. The number of fused-ring (bicyclic) bond motifs is 1. The highest BCUT2D eigenvalue weighted by Crippen LogP contribution is 2.30. The predicted octanol–water partition coefficient (Wildman–Crippen LogP) is 3.06. The summed E-state index contributed by atoms with van der Waals surface area (Å²) in [6.07, 6.45) is 1.37. The van der Waals surface area contributed by atoms with Gasteiger partial charge in [0, 0.05) is 5.56 Å². The van der Waals surface area contributed by atoms with E-state index in [2.05, 4.69) is 9.71 Å². The van der Waals surface area contributed by atoms with Crippen LogP contribution >= 0.6 is 0 Å². The Balaban J connectivity index is 1.65. The van der Waals surface area contributed by atoms with Gasteiger partial charge in [0.05, 0.1) is 12.0 Å². The van der Waals surface area contributed by atoms with Gasteiger partial charge in [0.1, 0.15) is 4.90 Å². The van der Waals surface area contributed by atoms with Gasteiger partial charge >= 0.3 is 5.97 Å². The van der Waals surface area contributed by atoms with Gasteiger partial charge in [-0.15, -0.1) is 4.40 Å². The number of rotatable bonds is 3. The van der Waals surface area contributed by atoms with Gasteiger partial charge in [-0.25, -0.2) is 4.79 Å². The number of carbonyl (C=O) groups is 1. The maximum atomic E-state index is 12.1. The maximum absolute atomic E-state index is 12.1. The molecule has 0 bridgehead atoms. The highest BCUT2D eigenvalue weighted by Gasteiger charge is 2.29. The molecule has 3 aromatic rings. The van der Waals surface area contributed by atoms with Crippen molar-refractivity contribution in [1.82, 2.24) is 0 Å². The number of hydrogen-bond acceptors (Lipinski definition) is 6. The minimum atomic E-state index is -3.74. The molecule has 7 nitrogen and oxygen atoms in total. The fourth-order valence-electron chi connectivity index (χ4n) is 2.53. The Labute approximate surface area is 149 Å². The zero-order valence-electron chi connectivity index (χ0n) is 13.2. The lowest BCUT2D eigenvalue weighted by Crippen LogP contribution is -2.14. The minimum absolute atomic E-state index is 0.0610. The summed E-state index contributed by atoms with van der Waals surface area (Å²) in [7, 11) is -3.74. The molecule has 0 saturated heterocycles. The molecule has 0 atom stereocenters. The smallest absolute Gasteiger partial charge is 0.379 e. The van der Waals surface area contributed by atoms with Crippen molar-refractivity contribution in [1.29, 1.82) is 0 Å². The summed E-state index contributed by atoms with van der Waals surface area (Å²) >= 11 is 0. The summed E-state index contributed by atoms with van der Waals surface area (Å²) in [6, 6.07) is 16.2. The second-order valence-electron chi connectivity index (χ2n) is 5.40. The first-order valence-electron chi connectivity index (χ1n) is 7.61. The molecule has 1 aromatic heterocycles. The van der Waals surface area contributed by atoms with E-state index in [-0.39, 0.29) is 22.2 Å². The van der Waals surface area contributed by atoms with E-state index >= 15 is 0 Å². The van der Waals surface area contributed by atoms with E-state index in [9.17, 15) is 13.2 Å².